The minimum absolute atomic E-state index is 0.0717. The van der Waals surface area contributed by atoms with Crippen LogP contribution in [-0.2, 0) is 15.7 Å². The van der Waals surface area contributed by atoms with Gasteiger partial charge in [-0.05, 0) is 26.3 Å². The topological polar surface area (TPSA) is 138 Å². The van der Waals surface area contributed by atoms with Gasteiger partial charge >= 0.3 is 7.82 Å². The Morgan fingerprint density at radius 1 is 1.41 bits per heavy atom. The van der Waals surface area contributed by atoms with Crippen LogP contribution >= 0.6 is 7.82 Å². The summed E-state index contributed by atoms with van der Waals surface area (Å²) in [7, 11) is -4.59. The molecule has 0 saturated carbocycles. The highest BCUT2D eigenvalue weighted by molar-refractivity contribution is 7.46. The predicted molar refractivity (Wildman–Crippen MR) is 82.8 cm³/mol. The zero-order valence-corrected chi connectivity index (χ0v) is 13.4. The molecule has 1 aromatic heterocycles. The number of aromatic nitrogens is 1. The summed E-state index contributed by atoms with van der Waals surface area (Å²) in [5.74, 6) is -0.0717. The summed E-state index contributed by atoms with van der Waals surface area (Å²) in [6.07, 6.45) is 5.68. The number of phosphoric acid groups is 1. The second kappa shape index (κ2) is 8.97. The maximum Gasteiger partial charge on any atom is 0.469 e. The highest BCUT2D eigenvalue weighted by Gasteiger charge is 2.17. The Kier molecular flexibility index (Phi) is 7.64. The molecule has 0 aliphatic heterocycles. The fourth-order valence-corrected chi connectivity index (χ4v) is 2.05. The van der Waals surface area contributed by atoms with Crippen LogP contribution in [0.1, 0.15) is 36.1 Å². The summed E-state index contributed by atoms with van der Waals surface area (Å²) in [6.45, 7) is 2.50. The van der Waals surface area contributed by atoms with E-state index in [1.807, 2.05) is 0 Å². The lowest BCUT2D eigenvalue weighted by Gasteiger charge is -2.10. The number of hydrogen-bond acceptors (Lipinski definition) is 6. The van der Waals surface area contributed by atoms with Crippen molar-refractivity contribution in [2.24, 2.45) is 10.7 Å². The summed E-state index contributed by atoms with van der Waals surface area (Å²) in [5.41, 5.74) is 6.53. The number of aliphatic imine (C=N–C) groups is 1. The molecule has 0 atom stereocenters. The van der Waals surface area contributed by atoms with Gasteiger partial charge in [0.2, 0.25) is 0 Å². The third kappa shape index (κ3) is 6.64. The molecule has 1 aromatic rings. The minimum atomic E-state index is -4.59. The van der Waals surface area contributed by atoms with Crippen molar-refractivity contribution in [3.8, 4) is 5.75 Å². The second-order valence-corrected chi connectivity index (χ2v) is 6.02. The Hall–Kier alpha value is -1.31. The molecule has 0 spiro atoms. The standard InChI is InChI=1S/C13H22N3O5P/c1-10-13(17)12(8-15-6-4-2-3-5-14)11(7-16-10)9-21-22(18,19)20/h7-8,17H,2-6,9,14H2,1H3,(H2,18,19,20). The highest BCUT2D eigenvalue weighted by atomic mass is 31.2. The van der Waals surface area contributed by atoms with Crippen LogP contribution in [0.25, 0.3) is 0 Å². The van der Waals surface area contributed by atoms with E-state index in [0.717, 1.165) is 19.3 Å². The zero-order valence-electron chi connectivity index (χ0n) is 12.5. The molecule has 0 aliphatic rings. The molecule has 0 aromatic carbocycles. The number of nitrogens with zero attached hydrogens (tertiary/aromatic N) is 2. The van der Waals surface area contributed by atoms with Gasteiger partial charge in [-0.1, -0.05) is 6.42 Å². The zero-order chi connectivity index (χ0) is 16.6. The van der Waals surface area contributed by atoms with Crippen LogP contribution in [0.2, 0.25) is 0 Å². The van der Waals surface area contributed by atoms with Crippen molar-refractivity contribution < 1.29 is 24.0 Å². The number of nitrogens with two attached hydrogens (primary N) is 1. The summed E-state index contributed by atoms with van der Waals surface area (Å²) >= 11 is 0. The van der Waals surface area contributed by atoms with E-state index in [-0.39, 0.29) is 12.4 Å². The van der Waals surface area contributed by atoms with Crippen molar-refractivity contribution in [1.29, 1.82) is 0 Å². The highest BCUT2D eigenvalue weighted by Crippen LogP contribution is 2.37. The van der Waals surface area contributed by atoms with E-state index < -0.39 is 7.82 Å². The molecular weight excluding hydrogens is 309 g/mol. The van der Waals surface area contributed by atoms with Crippen LogP contribution in [0.3, 0.4) is 0 Å². The van der Waals surface area contributed by atoms with E-state index in [1.165, 1.54) is 12.4 Å². The van der Waals surface area contributed by atoms with Gasteiger partial charge in [-0.3, -0.25) is 14.5 Å². The number of hydrogen-bond donors (Lipinski definition) is 4. The fraction of sp³-hybridized carbons (Fsp3) is 0.538. The summed E-state index contributed by atoms with van der Waals surface area (Å²) < 4.78 is 15.2. The van der Waals surface area contributed by atoms with Gasteiger partial charge in [-0.2, -0.15) is 0 Å². The van der Waals surface area contributed by atoms with Crippen LogP contribution in [0.5, 0.6) is 5.75 Å². The Balaban J connectivity index is 2.79. The quantitative estimate of drug-likeness (QED) is 0.303. The molecule has 0 saturated heterocycles. The largest absolute Gasteiger partial charge is 0.505 e. The third-order valence-electron chi connectivity index (χ3n) is 2.96. The van der Waals surface area contributed by atoms with Crippen LogP contribution in [0.15, 0.2) is 11.2 Å². The first kappa shape index (κ1) is 18.7. The lowest BCUT2D eigenvalue weighted by Crippen LogP contribution is -2.01. The monoisotopic (exact) mass is 331 g/mol. The van der Waals surface area contributed by atoms with Crippen molar-refractivity contribution in [3.63, 3.8) is 0 Å². The number of rotatable bonds is 9. The fourth-order valence-electron chi connectivity index (χ4n) is 1.75. The average Bonchev–Trinajstić information content (AvgIpc) is 2.45. The molecule has 0 radical (unpaired) electrons. The first-order chi connectivity index (χ1) is 10.3. The van der Waals surface area contributed by atoms with E-state index in [4.69, 9.17) is 15.5 Å². The Morgan fingerprint density at radius 2 is 2.14 bits per heavy atom. The van der Waals surface area contributed by atoms with E-state index in [9.17, 15) is 9.67 Å². The molecule has 0 bridgehead atoms. The van der Waals surface area contributed by atoms with Gasteiger partial charge in [0.15, 0.2) is 0 Å². The van der Waals surface area contributed by atoms with Gasteiger partial charge in [0, 0.05) is 30.1 Å². The maximum atomic E-state index is 10.8. The molecule has 0 fully saturated rings. The van der Waals surface area contributed by atoms with Gasteiger partial charge in [-0.25, -0.2) is 4.57 Å². The van der Waals surface area contributed by atoms with Gasteiger partial charge in [-0.15, -0.1) is 0 Å². The lowest BCUT2D eigenvalue weighted by atomic mass is 10.1. The first-order valence-electron chi connectivity index (χ1n) is 6.92. The normalized spacial score (nSPS) is 12.2. The first-order valence-corrected chi connectivity index (χ1v) is 8.45. The Bertz CT molecular complexity index is 559. The van der Waals surface area contributed by atoms with Crippen molar-refractivity contribution >= 4 is 14.0 Å². The van der Waals surface area contributed by atoms with Gasteiger partial charge in [0.1, 0.15) is 5.75 Å². The summed E-state index contributed by atoms with van der Waals surface area (Å²) in [6, 6.07) is 0. The van der Waals surface area contributed by atoms with Crippen LogP contribution < -0.4 is 5.73 Å². The molecule has 1 rings (SSSR count). The van der Waals surface area contributed by atoms with Crippen LogP contribution in [0, 0.1) is 6.92 Å². The van der Waals surface area contributed by atoms with E-state index >= 15 is 0 Å². The van der Waals surface area contributed by atoms with E-state index in [0.29, 0.717) is 29.9 Å². The maximum absolute atomic E-state index is 10.8. The summed E-state index contributed by atoms with van der Waals surface area (Å²) in [5, 5.41) is 10.0. The lowest BCUT2D eigenvalue weighted by molar-refractivity contribution is 0.188. The van der Waals surface area contributed by atoms with E-state index in [1.54, 1.807) is 6.92 Å². The van der Waals surface area contributed by atoms with Crippen molar-refractivity contribution in [2.45, 2.75) is 32.8 Å². The van der Waals surface area contributed by atoms with Gasteiger partial charge in [0.25, 0.3) is 0 Å². The van der Waals surface area contributed by atoms with Gasteiger partial charge < -0.3 is 20.6 Å². The molecule has 0 unspecified atom stereocenters. The number of pyridine rings is 1. The SMILES string of the molecule is Cc1ncc(COP(=O)(O)O)c(C=NCCCCCN)c1O. The molecular formula is C13H22N3O5P. The number of aromatic hydroxyl groups is 1. The number of phosphoric ester groups is 1. The van der Waals surface area contributed by atoms with Crippen molar-refractivity contribution in [1.82, 2.24) is 4.98 Å². The molecule has 1 heterocycles. The van der Waals surface area contributed by atoms with Crippen LogP contribution in [0.4, 0.5) is 0 Å². The second-order valence-electron chi connectivity index (χ2n) is 4.78. The summed E-state index contributed by atoms with van der Waals surface area (Å²) in [4.78, 5) is 25.7. The van der Waals surface area contributed by atoms with Crippen molar-refractivity contribution in [3.05, 3.63) is 23.0 Å². The molecule has 5 N–H and O–H groups in total. The number of unbranched alkanes of at least 4 members (excludes halogenated alkanes) is 2. The smallest absolute Gasteiger partial charge is 0.469 e. The molecule has 9 heteroatoms. The molecule has 0 aliphatic carbocycles. The van der Waals surface area contributed by atoms with Crippen LogP contribution in [-0.4, -0.2) is 39.2 Å². The molecule has 124 valence electrons. The molecule has 8 nitrogen and oxygen atoms in total. The Morgan fingerprint density at radius 3 is 2.77 bits per heavy atom. The number of aryl methyl sites for hydroxylation is 1. The predicted octanol–water partition coefficient (Wildman–Crippen LogP) is 1.25. The molecule has 0 amide bonds. The third-order valence-corrected chi connectivity index (χ3v) is 3.42. The van der Waals surface area contributed by atoms with Crippen molar-refractivity contribution in [2.75, 3.05) is 13.1 Å². The van der Waals surface area contributed by atoms with Gasteiger partial charge in [0.05, 0.1) is 12.3 Å². The average molecular weight is 331 g/mol. The molecule has 22 heavy (non-hydrogen) atoms. The Labute approximate surface area is 129 Å². The van der Waals surface area contributed by atoms with E-state index in [2.05, 4.69) is 14.5 Å². The minimum Gasteiger partial charge on any atom is -0.505 e.